The number of aryl methyl sites for hydroxylation is 1. The average molecular weight is 339 g/mol. The first-order valence-electron chi connectivity index (χ1n) is 6.88. The number of hydrogen-bond donors (Lipinski definition) is 2. The lowest BCUT2D eigenvalue weighted by Crippen LogP contribution is -2.33. The van der Waals surface area contributed by atoms with Gasteiger partial charge in [0.1, 0.15) is 16.2 Å². The Labute approximate surface area is 136 Å². The van der Waals surface area contributed by atoms with Crippen LogP contribution in [-0.2, 0) is 9.59 Å². The van der Waals surface area contributed by atoms with Crippen LogP contribution in [-0.4, -0.2) is 38.7 Å². The molecule has 0 radical (unpaired) electrons. The summed E-state index contributed by atoms with van der Waals surface area (Å²) in [6.07, 6.45) is 2.07. The number of thiophene rings is 1. The minimum atomic E-state index is -0.924. The van der Waals surface area contributed by atoms with Gasteiger partial charge in [0, 0.05) is 16.8 Å². The molecule has 2 heterocycles. The van der Waals surface area contributed by atoms with Crippen molar-refractivity contribution in [2.75, 3.05) is 6.54 Å². The SMILES string of the molecule is CCC(Sc1ncnc2sc(C)cc12)C(=O)NCCC(=O)O. The van der Waals surface area contributed by atoms with Crippen molar-refractivity contribution < 1.29 is 14.7 Å². The minimum absolute atomic E-state index is 0.0751. The molecule has 0 aliphatic heterocycles. The highest BCUT2D eigenvalue weighted by molar-refractivity contribution is 8.00. The maximum atomic E-state index is 12.1. The summed E-state index contributed by atoms with van der Waals surface area (Å²) in [6.45, 7) is 4.07. The number of fused-ring (bicyclic) bond motifs is 1. The van der Waals surface area contributed by atoms with Crippen molar-refractivity contribution in [3.8, 4) is 0 Å². The van der Waals surface area contributed by atoms with Crippen molar-refractivity contribution in [2.24, 2.45) is 0 Å². The molecule has 0 aliphatic carbocycles. The normalized spacial score (nSPS) is 12.3. The average Bonchev–Trinajstić information content (AvgIpc) is 2.85. The van der Waals surface area contributed by atoms with Crippen LogP contribution in [0.25, 0.3) is 10.2 Å². The molecule has 8 heteroatoms. The molecular weight excluding hydrogens is 322 g/mol. The highest BCUT2D eigenvalue weighted by Crippen LogP contribution is 2.33. The summed E-state index contributed by atoms with van der Waals surface area (Å²) in [5, 5.41) is 12.7. The zero-order chi connectivity index (χ0) is 16.1. The van der Waals surface area contributed by atoms with E-state index >= 15 is 0 Å². The zero-order valence-electron chi connectivity index (χ0n) is 12.3. The first-order chi connectivity index (χ1) is 10.5. The lowest BCUT2D eigenvalue weighted by atomic mass is 10.3. The Morgan fingerprint density at radius 2 is 2.23 bits per heavy atom. The van der Waals surface area contributed by atoms with Gasteiger partial charge in [0.25, 0.3) is 0 Å². The molecule has 1 unspecified atom stereocenters. The van der Waals surface area contributed by atoms with E-state index in [1.165, 1.54) is 18.1 Å². The van der Waals surface area contributed by atoms with E-state index < -0.39 is 5.97 Å². The number of carbonyl (C=O) groups is 2. The van der Waals surface area contributed by atoms with Crippen LogP contribution in [0.5, 0.6) is 0 Å². The highest BCUT2D eigenvalue weighted by atomic mass is 32.2. The van der Waals surface area contributed by atoms with Gasteiger partial charge in [-0.2, -0.15) is 0 Å². The van der Waals surface area contributed by atoms with E-state index in [0.29, 0.717) is 6.42 Å². The fourth-order valence-corrected chi connectivity index (χ4v) is 3.84. The van der Waals surface area contributed by atoms with Crippen LogP contribution in [0.15, 0.2) is 17.4 Å². The molecule has 0 fully saturated rings. The molecule has 1 atom stereocenters. The van der Waals surface area contributed by atoms with E-state index in [1.54, 1.807) is 11.3 Å². The van der Waals surface area contributed by atoms with Crippen molar-refractivity contribution in [1.29, 1.82) is 0 Å². The third-order valence-electron chi connectivity index (χ3n) is 2.97. The maximum Gasteiger partial charge on any atom is 0.305 e. The maximum absolute atomic E-state index is 12.1. The molecule has 0 saturated carbocycles. The number of carboxylic acid groups (broad SMARTS) is 1. The molecule has 2 rings (SSSR count). The number of carboxylic acids is 1. The molecule has 0 spiro atoms. The molecule has 6 nitrogen and oxygen atoms in total. The van der Waals surface area contributed by atoms with E-state index in [4.69, 9.17) is 5.11 Å². The van der Waals surface area contributed by atoms with Crippen LogP contribution in [0.1, 0.15) is 24.6 Å². The van der Waals surface area contributed by atoms with Crippen molar-refractivity contribution in [3.63, 3.8) is 0 Å². The summed E-state index contributed by atoms with van der Waals surface area (Å²) >= 11 is 2.99. The topological polar surface area (TPSA) is 92.2 Å². The van der Waals surface area contributed by atoms with Crippen LogP contribution in [0, 0.1) is 6.92 Å². The first kappa shape index (κ1) is 16.7. The van der Waals surface area contributed by atoms with E-state index in [2.05, 4.69) is 15.3 Å². The fraction of sp³-hybridized carbons (Fsp3) is 0.429. The van der Waals surface area contributed by atoms with E-state index in [0.717, 1.165) is 20.1 Å². The lowest BCUT2D eigenvalue weighted by Gasteiger charge is -2.14. The largest absolute Gasteiger partial charge is 0.481 e. The van der Waals surface area contributed by atoms with Gasteiger partial charge in [-0.05, 0) is 19.4 Å². The van der Waals surface area contributed by atoms with Gasteiger partial charge in [-0.15, -0.1) is 11.3 Å². The second kappa shape index (κ2) is 7.55. The molecule has 1 amide bonds. The molecule has 0 aliphatic rings. The second-order valence-electron chi connectivity index (χ2n) is 4.70. The number of carbonyl (C=O) groups excluding carboxylic acids is 1. The predicted octanol–water partition coefficient (Wildman–Crippen LogP) is 2.46. The number of thioether (sulfide) groups is 1. The zero-order valence-corrected chi connectivity index (χ0v) is 14.0. The number of aromatic nitrogens is 2. The molecule has 2 N–H and O–H groups in total. The van der Waals surface area contributed by atoms with Gasteiger partial charge < -0.3 is 10.4 Å². The summed E-state index contributed by atoms with van der Waals surface area (Å²) in [7, 11) is 0. The van der Waals surface area contributed by atoms with Crippen LogP contribution < -0.4 is 5.32 Å². The van der Waals surface area contributed by atoms with Gasteiger partial charge in [0.2, 0.25) is 5.91 Å². The Morgan fingerprint density at radius 1 is 1.45 bits per heavy atom. The lowest BCUT2D eigenvalue weighted by molar-refractivity contribution is -0.136. The number of nitrogens with zero attached hydrogens (tertiary/aromatic N) is 2. The Hall–Kier alpha value is -1.67. The number of aliphatic carboxylic acids is 1. The smallest absolute Gasteiger partial charge is 0.305 e. The van der Waals surface area contributed by atoms with Gasteiger partial charge in [-0.25, -0.2) is 9.97 Å². The molecular formula is C14H17N3O3S2. The molecule has 2 aromatic rings. The van der Waals surface area contributed by atoms with Crippen LogP contribution in [0.4, 0.5) is 0 Å². The van der Waals surface area contributed by atoms with Crippen molar-refractivity contribution in [2.45, 2.75) is 37.0 Å². The highest BCUT2D eigenvalue weighted by Gasteiger charge is 2.20. The number of hydrogen-bond acceptors (Lipinski definition) is 6. The van der Waals surface area contributed by atoms with Crippen molar-refractivity contribution in [3.05, 3.63) is 17.3 Å². The Bertz CT molecular complexity index is 687. The van der Waals surface area contributed by atoms with Crippen LogP contribution >= 0.6 is 23.1 Å². The standard InChI is InChI=1S/C14H17N3O3S2/c1-3-10(12(20)15-5-4-11(18)19)22-14-9-6-8(2)21-13(9)16-7-17-14/h6-7,10H,3-5H2,1-2H3,(H,15,20)(H,18,19). The van der Waals surface area contributed by atoms with Crippen molar-refractivity contribution >= 4 is 45.2 Å². The third kappa shape index (κ3) is 4.17. The summed E-state index contributed by atoms with van der Waals surface area (Å²) in [4.78, 5) is 33.2. The Balaban J connectivity index is 2.08. The third-order valence-corrected chi connectivity index (χ3v) is 5.31. The fourth-order valence-electron chi connectivity index (χ4n) is 1.91. The van der Waals surface area contributed by atoms with Crippen LogP contribution in [0.3, 0.4) is 0 Å². The summed E-state index contributed by atoms with van der Waals surface area (Å²) in [5.74, 6) is -1.08. The number of nitrogens with one attached hydrogen (secondary N) is 1. The Morgan fingerprint density at radius 3 is 2.91 bits per heavy atom. The summed E-state index contributed by atoms with van der Waals surface area (Å²) in [6, 6.07) is 2.03. The molecule has 22 heavy (non-hydrogen) atoms. The summed E-state index contributed by atoms with van der Waals surface area (Å²) in [5.41, 5.74) is 0. The molecule has 0 aromatic carbocycles. The van der Waals surface area contributed by atoms with Gasteiger partial charge in [0.15, 0.2) is 0 Å². The van der Waals surface area contributed by atoms with Gasteiger partial charge in [0.05, 0.1) is 11.7 Å². The van der Waals surface area contributed by atoms with E-state index in [1.807, 2.05) is 19.9 Å². The molecule has 0 saturated heterocycles. The molecule has 2 aromatic heterocycles. The van der Waals surface area contributed by atoms with Gasteiger partial charge in [-0.3, -0.25) is 9.59 Å². The summed E-state index contributed by atoms with van der Waals surface area (Å²) < 4.78 is 0. The van der Waals surface area contributed by atoms with Crippen molar-refractivity contribution in [1.82, 2.24) is 15.3 Å². The van der Waals surface area contributed by atoms with Gasteiger partial charge in [-0.1, -0.05) is 18.7 Å². The monoisotopic (exact) mass is 339 g/mol. The predicted molar refractivity (Wildman–Crippen MR) is 87.4 cm³/mol. The molecule has 118 valence electrons. The van der Waals surface area contributed by atoms with E-state index in [-0.39, 0.29) is 24.1 Å². The van der Waals surface area contributed by atoms with E-state index in [9.17, 15) is 9.59 Å². The molecule has 0 bridgehead atoms. The Kier molecular flexibility index (Phi) is 5.73. The van der Waals surface area contributed by atoms with Crippen LogP contribution in [0.2, 0.25) is 0 Å². The second-order valence-corrected chi connectivity index (χ2v) is 7.13. The quantitative estimate of drug-likeness (QED) is 0.595. The minimum Gasteiger partial charge on any atom is -0.481 e. The number of amides is 1. The number of rotatable bonds is 7. The van der Waals surface area contributed by atoms with Gasteiger partial charge >= 0.3 is 5.97 Å². The first-order valence-corrected chi connectivity index (χ1v) is 8.58.